The summed E-state index contributed by atoms with van der Waals surface area (Å²) in [6.45, 7) is 8.09. The Morgan fingerprint density at radius 1 is 1.00 bits per heavy atom. The zero-order valence-corrected chi connectivity index (χ0v) is 21.6. The lowest BCUT2D eigenvalue weighted by Crippen LogP contribution is -2.38. The zero-order valence-electron chi connectivity index (χ0n) is 20.8. The molecule has 0 unspecified atom stereocenters. The lowest BCUT2D eigenvalue weighted by molar-refractivity contribution is -0.135. The minimum Gasteiger partial charge on any atom is -0.369 e. The average molecular weight is 497 g/mol. The highest BCUT2D eigenvalue weighted by Gasteiger charge is 2.29. The van der Waals surface area contributed by atoms with Gasteiger partial charge in [-0.15, -0.1) is 11.3 Å². The lowest BCUT2D eigenvalue weighted by atomic mass is 10.1. The van der Waals surface area contributed by atoms with Crippen LogP contribution in [0, 0.1) is 5.92 Å². The summed E-state index contributed by atoms with van der Waals surface area (Å²) in [4.78, 5) is 45.8. The van der Waals surface area contributed by atoms with Crippen molar-refractivity contribution < 1.29 is 14.4 Å². The van der Waals surface area contributed by atoms with Crippen LogP contribution in [0.4, 0.5) is 11.4 Å². The summed E-state index contributed by atoms with van der Waals surface area (Å²) in [5, 5.41) is 4.81. The first-order valence-corrected chi connectivity index (χ1v) is 13.7. The molecule has 1 aliphatic carbocycles. The zero-order chi connectivity index (χ0) is 24.8. The summed E-state index contributed by atoms with van der Waals surface area (Å²) in [6, 6.07) is 9.24. The van der Waals surface area contributed by atoms with Crippen molar-refractivity contribution in [2.24, 2.45) is 5.92 Å². The van der Waals surface area contributed by atoms with Gasteiger partial charge in [0.25, 0.3) is 11.8 Å². The highest BCUT2D eigenvalue weighted by atomic mass is 32.1. The first-order chi connectivity index (χ1) is 17.0. The van der Waals surface area contributed by atoms with E-state index in [0.717, 1.165) is 50.9 Å². The van der Waals surface area contributed by atoms with E-state index in [1.54, 1.807) is 17.0 Å². The molecule has 188 valence electrons. The second-order valence-electron chi connectivity index (χ2n) is 9.29. The minimum absolute atomic E-state index is 0.0413. The van der Waals surface area contributed by atoms with E-state index >= 15 is 0 Å². The molecular weight excluding hydrogens is 460 g/mol. The van der Waals surface area contributed by atoms with Crippen LogP contribution < -0.4 is 10.2 Å². The van der Waals surface area contributed by atoms with Crippen LogP contribution in [0.2, 0.25) is 0 Å². The van der Waals surface area contributed by atoms with Crippen LogP contribution in [-0.4, -0.2) is 66.8 Å². The predicted molar refractivity (Wildman–Crippen MR) is 141 cm³/mol. The molecule has 1 aromatic carbocycles. The van der Waals surface area contributed by atoms with Gasteiger partial charge in [0.05, 0.1) is 10.4 Å². The predicted octanol–water partition coefficient (Wildman–Crippen LogP) is 4.71. The van der Waals surface area contributed by atoms with Crippen LogP contribution in [0.25, 0.3) is 0 Å². The number of nitrogens with one attached hydrogen (secondary N) is 1. The average Bonchev–Trinajstić information content (AvgIpc) is 3.56. The first-order valence-electron chi connectivity index (χ1n) is 12.8. The molecule has 3 amide bonds. The molecule has 2 heterocycles. The Kier molecular flexibility index (Phi) is 8.44. The summed E-state index contributed by atoms with van der Waals surface area (Å²) < 4.78 is 0. The number of hydrogen-bond acceptors (Lipinski definition) is 5. The fraction of sp³-hybridized carbons (Fsp3) is 0.519. The van der Waals surface area contributed by atoms with Gasteiger partial charge in [-0.3, -0.25) is 14.4 Å². The molecule has 2 aromatic rings. The van der Waals surface area contributed by atoms with E-state index in [2.05, 4.69) is 10.2 Å². The topological polar surface area (TPSA) is 73.0 Å². The van der Waals surface area contributed by atoms with Gasteiger partial charge in [-0.2, -0.15) is 0 Å². The van der Waals surface area contributed by atoms with E-state index < -0.39 is 0 Å². The van der Waals surface area contributed by atoms with Crippen LogP contribution >= 0.6 is 11.3 Å². The summed E-state index contributed by atoms with van der Waals surface area (Å²) >= 11 is 1.38. The van der Waals surface area contributed by atoms with Gasteiger partial charge in [0.1, 0.15) is 0 Å². The van der Waals surface area contributed by atoms with Crippen LogP contribution in [0.1, 0.15) is 66.0 Å². The smallest absolute Gasteiger partial charge is 0.265 e. The van der Waals surface area contributed by atoms with Crippen molar-refractivity contribution in [2.75, 3.05) is 49.5 Å². The minimum atomic E-state index is -0.176. The standard InChI is InChI=1S/C27H36N4O3S/c1-3-29(4-2)27(34)22-19-21(28-25(32)24-11-7-18-35-24)12-13-23(22)30-14-8-15-31(17-16-30)26(33)20-9-5-6-10-20/h7,11-13,18-20H,3-6,8-10,14-17H2,1-2H3,(H,28,32). The number of amides is 3. The molecule has 1 N–H and O–H groups in total. The second-order valence-corrected chi connectivity index (χ2v) is 10.2. The molecule has 1 saturated carbocycles. The second kappa shape index (κ2) is 11.7. The molecule has 8 heteroatoms. The maximum atomic E-state index is 13.5. The van der Waals surface area contributed by atoms with E-state index in [4.69, 9.17) is 0 Å². The number of benzene rings is 1. The third-order valence-electron chi connectivity index (χ3n) is 7.13. The Morgan fingerprint density at radius 3 is 2.46 bits per heavy atom. The fourth-order valence-electron chi connectivity index (χ4n) is 5.15. The van der Waals surface area contributed by atoms with Crippen LogP contribution in [0.15, 0.2) is 35.7 Å². The van der Waals surface area contributed by atoms with Gasteiger partial charge in [-0.1, -0.05) is 18.9 Å². The van der Waals surface area contributed by atoms with Crippen molar-refractivity contribution in [3.05, 3.63) is 46.2 Å². The molecule has 1 saturated heterocycles. The summed E-state index contributed by atoms with van der Waals surface area (Å²) in [5.41, 5.74) is 2.06. The monoisotopic (exact) mass is 496 g/mol. The SMILES string of the molecule is CCN(CC)C(=O)c1cc(NC(=O)c2cccs2)ccc1N1CCCN(C(=O)C2CCCC2)CC1. The van der Waals surface area contributed by atoms with Crippen LogP contribution in [0.5, 0.6) is 0 Å². The summed E-state index contributed by atoms with van der Waals surface area (Å²) in [5.74, 6) is 0.271. The Bertz CT molecular complexity index is 1030. The van der Waals surface area contributed by atoms with Crippen LogP contribution in [-0.2, 0) is 4.79 Å². The number of anilines is 2. The highest BCUT2D eigenvalue weighted by molar-refractivity contribution is 7.12. The molecule has 0 bridgehead atoms. The van der Waals surface area contributed by atoms with Crippen molar-refractivity contribution in [3.8, 4) is 0 Å². The van der Waals surface area contributed by atoms with Gasteiger partial charge >= 0.3 is 0 Å². The van der Waals surface area contributed by atoms with Crippen molar-refractivity contribution in [1.29, 1.82) is 0 Å². The largest absolute Gasteiger partial charge is 0.369 e. The number of carbonyl (C=O) groups is 3. The van der Waals surface area contributed by atoms with Gasteiger partial charge in [-0.05, 0) is 62.8 Å². The molecule has 2 fully saturated rings. The lowest BCUT2D eigenvalue weighted by Gasteiger charge is -2.28. The Hall–Kier alpha value is -2.87. The van der Waals surface area contributed by atoms with Gasteiger partial charge in [0.15, 0.2) is 0 Å². The Balaban J connectivity index is 1.56. The molecule has 2 aliphatic rings. The molecule has 0 atom stereocenters. The maximum absolute atomic E-state index is 13.5. The molecule has 1 aliphatic heterocycles. The van der Waals surface area contributed by atoms with Crippen molar-refractivity contribution >= 4 is 40.4 Å². The number of rotatable bonds is 7. The molecule has 0 spiro atoms. The molecule has 7 nitrogen and oxygen atoms in total. The third kappa shape index (κ3) is 5.86. The van der Waals surface area contributed by atoms with E-state index in [0.29, 0.717) is 48.2 Å². The van der Waals surface area contributed by atoms with Crippen molar-refractivity contribution in [1.82, 2.24) is 9.80 Å². The number of nitrogens with zero attached hydrogens (tertiary/aromatic N) is 3. The number of hydrogen-bond donors (Lipinski definition) is 1. The summed E-state index contributed by atoms with van der Waals surface area (Å²) in [6.07, 6.45) is 5.21. The van der Waals surface area contributed by atoms with Crippen LogP contribution in [0.3, 0.4) is 0 Å². The van der Waals surface area contributed by atoms with Crippen molar-refractivity contribution in [3.63, 3.8) is 0 Å². The van der Waals surface area contributed by atoms with E-state index in [1.807, 2.05) is 42.3 Å². The quantitative estimate of drug-likeness (QED) is 0.603. The number of thiophene rings is 1. The van der Waals surface area contributed by atoms with E-state index in [1.165, 1.54) is 11.3 Å². The molecule has 0 radical (unpaired) electrons. The van der Waals surface area contributed by atoms with Gasteiger partial charge in [0.2, 0.25) is 5.91 Å². The van der Waals surface area contributed by atoms with E-state index in [-0.39, 0.29) is 17.7 Å². The third-order valence-corrected chi connectivity index (χ3v) is 8.00. The Labute approximate surface area is 212 Å². The normalized spacial score (nSPS) is 16.7. The molecule has 4 rings (SSSR count). The van der Waals surface area contributed by atoms with Gasteiger partial charge < -0.3 is 20.0 Å². The molecular formula is C27H36N4O3S. The van der Waals surface area contributed by atoms with E-state index in [9.17, 15) is 14.4 Å². The fourth-order valence-corrected chi connectivity index (χ4v) is 5.77. The Morgan fingerprint density at radius 2 is 1.77 bits per heavy atom. The number of carbonyl (C=O) groups excluding carboxylic acids is 3. The van der Waals surface area contributed by atoms with Crippen molar-refractivity contribution in [2.45, 2.75) is 46.0 Å². The maximum Gasteiger partial charge on any atom is 0.265 e. The molecule has 35 heavy (non-hydrogen) atoms. The molecule has 1 aromatic heterocycles. The first kappa shape index (κ1) is 25.2. The van der Waals surface area contributed by atoms with Gasteiger partial charge in [0, 0.05) is 56.6 Å². The van der Waals surface area contributed by atoms with Gasteiger partial charge in [-0.25, -0.2) is 0 Å². The summed E-state index contributed by atoms with van der Waals surface area (Å²) in [7, 11) is 0. The highest BCUT2D eigenvalue weighted by Crippen LogP contribution is 2.30.